The highest BCUT2D eigenvalue weighted by molar-refractivity contribution is 7.87. The standard InChI is InChI=1S/C19H22N2O2S/c1-21(2)24(22,23)20-12-13-11-18-14-7-3-5-9-16(14)19(13)17-10-6-4-8-15(17)18/h3-10,13,18-20H,11-12H2,1-2H3/t13-,18?,19?/m1/s1. The van der Waals surface area contributed by atoms with Crippen molar-refractivity contribution in [2.45, 2.75) is 18.3 Å². The minimum absolute atomic E-state index is 0.271. The molecule has 0 aliphatic heterocycles. The van der Waals surface area contributed by atoms with Crippen molar-refractivity contribution in [1.82, 2.24) is 9.03 Å². The van der Waals surface area contributed by atoms with Crippen LogP contribution in [-0.4, -0.2) is 33.4 Å². The summed E-state index contributed by atoms with van der Waals surface area (Å²) in [5.74, 6) is 0.929. The molecule has 0 saturated heterocycles. The van der Waals surface area contributed by atoms with Crippen LogP contribution >= 0.6 is 0 Å². The maximum atomic E-state index is 12.1. The van der Waals surface area contributed by atoms with E-state index in [9.17, 15) is 8.42 Å². The molecule has 0 amide bonds. The van der Waals surface area contributed by atoms with Gasteiger partial charge in [0.1, 0.15) is 0 Å². The zero-order valence-corrected chi connectivity index (χ0v) is 14.8. The van der Waals surface area contributed by atoms with Crippen molar-refractivity contribution in [2.24, 2.45) is 5.92 Å². The third-order valence-corrected chi connectivity index (χ3v) is 6.92. The fraction of sp³-hybridized carbons (Fsp3) is 0.368. The number of fused-ring (bicyclic) bond motifs is 1. The van der Waals surface area contributed by atoms with Gasteiger partial charge < -0.3 is 0 Å². The molecule has 0 heterocycles. The SMILES string of the molecule is CN(C)S(=O)(=O)NC[C@H]1CC2c3ccccc3C1c1ccccc12. The van der Waals surface area contributed by atoms with Gasteiger partial charge >= 0.3 is 0 Å². The first-order valence-electron chi connectivity index (χ1n) is 8.34. The van der Waals surface area contributed by atoms with Crippen LogP contribution in [0.25, 0.3) is 0 Å². The summed E-state index contributed by atoms with van der Waals surface area (Å²) in [5.41, 5.74) is 5.55. The van der Waals surface area contributed by atoms with Crippen molar-refractivity contribution < 1.29 is 8.42 Å². The summed E-state index contributed by atoms with van der Waals surface area (Å²) in [6, 6.07) is 17.2. The highest BCUT2D eigenvalue weighted by Gasteiger charge is 2.43. The van der Waals surface area contributed by atoms with Crippen LogP contribution in [0.1, 0.15) is 40.5 Å². The Morgan fingerprint density at radius 3 is 1.96 bits per heavy atom. The molecule has 0 fully saturated rings. The van der Waals surface area contributed by atoms with Crippen LogP contribution in [0.5, 0.6) is 0 Å². The van der Waals surface area contributed by atoms with Gasteiger partial charge in [-0.1, -0.05) is 48.5 Å². The molecule has 2 aromatic carbocycles. The van der Waals surface area contributed by atoms with Crippen LogP contribution in [0.4, 0.5) is 0 Å². The van der Waals surface area contributed by atoms with Crippen molar-refractivity contribution in [3.63, 3.8) is 0 Å². The lowest BCUT2D eigenvalue weighted by Gasteiger charge is -2.45. The van der Waals surface area contributed by atoms with Crippen molar-refractivity contribution in [3.8, 4) is 0 Å². The Hall–Kier alpha value is -1.69. The number of benzene rings is 2. The molecule has 0 saturated carbocycles. The second-order valence-corrected chi connectivity index (χ2v) is 8.89. The minimum atomic E-state index is -3.39. The molecule has 0 unspecified atom stereocenters. The van der Waals surface area contributed by atoms with Gasteiger partial charge in [-0.3, -0.25) is 0 Å². The average Bonchev–Trinajstić information content (AvgIpc) is 2.60. The maximum Gasteiger partial charge on any atom is 0.278 e. The number of nitrogens with zero attached hydrogens (tertiary/aromatic N) is 1. The Morgan fingerprint density at radius 2 is 1.46 bits per heavy atom. The van der Waals surface area contributed by atoms with E-state index in [-0.39, 0.29) is 11.8 Å². The highest BCUT2D eigenvalue weighted by atomic mass is 32.2. The normalized spacial score (nSPS) is 24.7. The van der Waals surface area contributed by atoms with Gasteiger partial charge in [0.05, 0.1) is 0 Å². The summed E-state index contributed by atoms with van der Waals surface area (Å²) in [6.07, 6.45) is 0.995. The van der Waals surface area contributed by atoms with Gasteiger partial charge in [0.2, 0.25) is 0 Å². The van der Waals surface area contributed by atoms with Crippen LogP contribution in [0, 0.1) is 5.92 Å². The molecule has 5 heteroatoms. The predicted octanol–water partition coefficient (Wildman–Crippen LogP) is 2.68. The zero-order chi connectivity index (χ0) is 16.9. The van der Waals surface area contributed by atoms with E-state index in [1.54, 1.807) is 14.1 Å². The zero-order valence-electron chi connectivity index (χ0n) is 13.9. The molecule has 5 rings (SSSR count). The lowest BCUT2D eigenvalue weighted by atomic mass is 9.59. The summed E-state index contributed by atoms with van der Waals surface area (Å²) < 4.78 is 28.2. The smallest absolute Gasteiger partial charge is 0.202 e. The molecular formula is C19H22N2O2S. The summed E-state index contributed by atoms with van der Waals surface area (Å²) in [4.78, 5) is 0. The van der Waals surface area contributed by atoms with Crippen LogP contribution in [-0.2, 0) is 10.2 Å². The van der Waals surface area contributed by atoms with Crippen LogP contribution < -0.4 is 4.72 Å². The molecule has 1 N–H and O–H groups in total. The monoisotopic (exact) mass is 342 g/mol. The summed E-state index contributed by atoms with van der Waals surface area (Å²) in [7, 11) is -0.275. The largest absolute Gasteiger partial charge is 0.278 e. The predicted molar refractivity (Wildman–Crippen MR) is 95.3 cm³/mol. The topological polar surface area (TPSA) is 49.4 Å². The van der Waals surface area contributed by atoms with Gasteiger partial charge in [0.25, 0.3) is 10.2 Å². The molecule has 126 valence electrons. The van der Waals surface area contributed by atoms with Crippen molar-refractivity contribution in [2.75, 3.05) is 20.6 Å². The van der Waals surface area contributed by atoms with E-state index in [2.05, 4.69) is 53.3 Å². The summed E-state index contributed by atoms with van der Waals surface area (Å²) >= 11 is 0. The first kappa shape index (κ1) is 15.8. The molecular weight excluding hydrogens is 320 g/mol. The lowest BCUT2D eigenvalue weighted by molar-refractivity contribution is 0.352. The van der Waals surface area contributed by atoms with E-state index < -0.39 is 10.2 Å². The van der Waals surface area contributed by atoms with Crippen molar-refractivity contribution in [3.05, 3.63) is 70.8 Å². The Labute approximate surface area is 143 Å². The van der Waals surface area contributed by atoms with E-state index in [0.717, 1.165) is 6.42 Å². The van der Waals surface area contributed by atoms with Gasteiger partial charge in [-0.25, -0.2) is 4.72 Å². The fourth-order valence-electron chi connectivity index (χ4n) is 4.30. The Balaban J connectivity index is 1.71. The molecule has 24 heavy (non-hydrogen) atoms. The molecule has 1 atom stereocenters. The quantitative estimate of drug-likeness (QED) is 0.929. The van der Waals surface area contributed by atoms with Gasteiger partial charge in [0, 0.05) is 32.5 Å². The molecule has 0 aromatic heterocycles. The van der Waals surface area contributed by atoms with Crippen molar-refractivity contribution in [1.29, 1.82) is 0 Å². The number of rotatable bonds is 4. The first-order chi connectivity index (χ1) is 11.5. The minimum Gasteiger partial charge on any atom is -0.202 e. The lowest BCUT2D eigenvalue weighted by Crippen LogP contribution is -2.42. The Morgan fingerprint density at radius 1 is 0.958 bits per heavy atom. The van der Waals surface area contributed by atoms with Crippen LogP contribution in [0.15, 0.2) is 48.5 Å². The maximum absolute atomic E-state index is 12.1. The summed E-state index contributed by atoms with van der Waals surface area (Å²) in [6.45, 7) is 0.477. The molecule has 2 bridgehead atoms. The molecule has 3 aliphatic rings. The number of nitrogens with one attached hydrogen (secondary N) is 1. The molecule has 2 aromatic rings. The van der Waals surface area contributed by atoms with E-state index in [1.807, 2.05) is 0 Å². The van der Waals surface area contributed by atoms with Gasteiger partial charge in [0.15, 0.2) is 0 Å². The second-order valence-electron chi connectivity index (χ2n) is 6.92. The number of hydrogen-bond donors (Lipinski definition) is 1. The van der Waals surface area contributed by atoms with E-state index in [0.29, 0.717) is 12.5 Å². The van der Waals surface area contributed by atoms with Gasteiger partial charge in [-0.2, -0.15) is 12.7 Å². The van der Waals surface area contributed by atoms with Crippen molar-refractivity contribution >= 4 is 10.2 Å². The second kappa shape index (κ2) is 5.69. The average molecular weight is 342 g/mol. The van der Waals surface area contributed by atoms with Crippen LogP contribution in [0.2, 0.25) is 0 Å². The third kappa shape index (κ3) is 2.39. The highest BCUT2D eigenvalue weighted by Crippen LogP contribution is 2.55. The van der Waals surface area contributed by atoms with Crippen LogP contribution in [0.3, 0.4) is 0 Å². The fourth-order valence-corrected chi connectivity index (χ4v) is 4.98. The van der Waals surface area contributed by atoms with E-state index in [4.69, 9.17) is 0 Å². The summed E-state index contributed by atoms with van der Waals surface area (Å²) in [5, 5.41) is 0. The van der Waals surface area contributed by atoms with E-state index in [1.165, 1.54) is 26.6 Å². The van der Waals surface area contributed by atoms with Gasteiger partial charge in [-0.05, 0) is 34.6 Å². The van der Waals surface area contributed by atoms with E-state index >= 15 is 0 Å². The number of hydrogen-bond acceptors (Lipinski definition) is 2. The Bertz CT molecular complexity index is 829. The first-order valence-corrected chi connectivity index (χ1v) is 9.78. The molecule has 4 nitrogen and oxygen atoms in total. The molecule has 0 radical (unpaired) electrons. The van der Waals surface area contributed by atoms with Gasteiger partial charge in [-0.15, -0.1) is 0 Å². The molecule has 3 aliphatic carbocycles. The molecule has 0 spiro atoms. The third-order valence-electron chi connectivity index (χ3n) is 5.43. The Kier molecular flexibility index (Phi) is 3.75.